The van der Waals surface area contributed by atoms with Gasteiger partial charge in [-0.15, -0.1) is 0 Å². The van der Waals surface area contributed by atoms with E-state index in [0.29, 0.717) is 0 Å². The van der Waals surface area contributed by atoms with Crippen LogP contribution in [0.3, 0.4) is 0 Å². The molecule has 0 aliphatic carbocycles. The highest BCUT2D eigenvalue weighted by molar-refractivity contribution is 6.25. The van der Waals surface area contributed by atoms with Crippen molar-refractivity contribution in [3.05, 3.63) is 231 Å². The van der Waals surface area contributed by atoms with Gasteiger partial charge < -0.3 is 9.47 Å². The van der Waals surface area contributed by atoms with E-state index < -0.39 is 0 Å². The molecule has 0 spiro atoms. The standard InChI is InChI=1S/C56H38N2/c1-3-14-39(15-4-1)42-28-33-47(34-29-42)57(48-35-30-43(31-36-48)40-16-5-2-6-17-40)51-23-11-12-24-52(51)58-53-25-13-22-50(46-27-26-41-18-7-8-20-45(41)38-46)56(53)55-49-21-10-9-19-44(49)32-37-54(55)58/h1-38H. The monoisotopic (exact) mass is 738 g/mol. The maximum absolute atomic E-state index is 2.49. The Hall–Kier alpha value is -7.68. The number of rotatable bonds is 7. The van der Waals surface area contributed by atoms with Crippen molar-refractivity contribution in [2.75, 3.05) is 4.90 Å². The second-order valence-corrected chi connectivity index (χ2v) is 14.9. The SMILES string of the molecule is c1ccc(-c2ccc(N(c3ccc(-c4ccccc4)cc3)c3ccccc3-n3c4cccc(-c5ccc6ccccc6c5)c4c4c5ccccc5ccc43)cc2)cc1. The summed E-state index contributed by atoms with van der Waals surface area (Å²) < 4.78 is 2.49. The predicted octanol–water partition coefficient (Wildman–Crippen LogP) is 15.6. The van der Waals surface area contributed by atoms with Crippen LogP contribution in [0.15, 0.2) is 231 Å². The topological polar surface area (TPSA) is 8.17 Å². The fraction of sp³-hybridized carbons (Fsp3) is 0. The number of anilines is 3. The summed E-state index contributed by atoms with van der Waals surface area (Å²) in [4.78, 5) is 2.41. The minimum atomic E-state index is 1.09. The number of benzene rings is 10. The van der Waals surface area contributed by atoms with Gasteiger partial charge >= 0.3 is 0 Å². The first-order valence-electron chi connectivity index (χ1n) is 19.9. The molecule has 0 bridgehead atoms. The molecule has 1 aromatic heterocycles. The van der Waals surface area contributed by atoms with E-state index in [1.807, 2.05) is 0 Å². The molecule has 58 heavy (non-hydrogen) atoms. The number of aromatic nitrogens is 1. The number of fused-ring (bicyclic) bond motifs is 6. The Labute approximate surface area is 338 Å². The summed E-state index contributed by atoms with van der Waals surface area (Å²) >= 11 is 0. The summed E-state index contributed by atoms with van der Waals surface area (Å²) in [7, 11) is 0. The van der Waals surface area contributed by atoms with Crippen LogP contribution in [0, 0.1) is 0 Å². The molecule has 272 valence electrons. The molecule has 11 rings (SSSR count). The molecule has 0 fully saturated rings. The van der Waals surface area contributed by atoms with Crippen LogP contribution < -0.4 is 4.90 Å². The van der Waals surface area contributed by atoms with Crippen molar-refractivity contribution in [2.24, 2.45) is 0 Å². The fourth-order valence-electron chi connectivity index (χ4n) is 8.82. The number of para-hydroxylation sites is 2. The zero-order valence-electron chi connectivity index (χ0n) is 31.8. The summed E-state index contributed by atoms with van der Waals surface area (Å²) in [5.74, 6) is 0. The van der Waals surface area contributed by atoms with E-state index in [1.54, 1.807) is 0 Å². The van der Waals surface area contributed by atoms with Crippen molar-refractivity contribution in [1.29, 1.82) is 0 Å². The van der Waals surface area contributed by atoms with Gasteiger partial charge in [-0.05, 0) is 110 Å². The number of hydrogen-bond donors (Lipinski definition) is 0. The summed E-state index contributed by atoms with van der Waals surface area (Å²) in [6.07, 6.45) is 0. The lowest BCUT2D eigenvalue weighted by Gasteiger charge is -2.28. The average molecular weight is 739 g/mol. The molecule has 0 amide bonds. The maximum atomic E-state index is 2.49. The highest BCUT2D eigenvalue weighted by Gasteiger charge is 2.23. The molecule has 10 aromatic carbocycles. The van der Waals surface area contributed by atoms with Gasteiger partial charge in [0.25, 0.3) is 0 Å². The lowest BCUT2D eigenvalue weighted by Crippen LogP contribution is -2.13. The molecule has 0 saturated heterocycles. The molecule has 0 saturated carbocycles. The van der Waals surface area contributed by atoms with Crippen LogP contribution in [0.1, 0.15) is 0 Å². The van der Waals surface area contributed by atoms with E-state index >= 15 is 0 Å². The molecule has 2 heteroatoms. The van der Waals surface area contributed by atoms with Gasteiger partial charge in [-0.1, -0.05) is 176 Å². The van der Waals surface area contributed by atoms with Crippen molar-refractivity contribution in [3.8, 4) is 39.1 Å². The Balaban J connectivity index is 1.16. The molecule has 2 nitrogen and oxygen atoms in total. The third-order valence-corrected chi connectivity index (χ3v) is 11.6. The first kappa shape index (κ1) is 33.6. The summed E-state index contributed by atoms with van der Waals surface area (Å²) in [5.41, 5.74) is 13.9. The predicted molar refractivity (Wildman–Crippen MR) is 247 cm³/mol. The zero-order chi connectivity index (χ0) is 38.4. The minimum absolute atomic E-state index is 1.09. The second-order valence-electron chi connectivity index (χ2n) is 14.9. The summed E-state index contributed by atoms with van der Waals surface area (Å²) in [6.45, 7) is 0. The summed E-state index contributed by atoms with van der Waals surface area (Å²) in [6, 6.07) is 83.7. The van der Waals surface area contributed by atoms with Gasteiger partial charge in [-0.3, -0.25) is 0 Å². The lowest BCUT2D eigenvalue weighted by atomic mass is 9.95. The molecule has 1 heterocycles. The molecular weight excluding hydrogens is 701 g/mol. The molecule has 0 radical (unpaired) electrons. The third-order valence-electron chi connectivity index (χ3n) is 11.6. The van der Waals surface area contributed by atoms with E-state index in [1.165, 1.54) is 76.7 Å². The van der Waals surface area contributed by atoms with Crippen LogP contribution in [-0.2, 0) is 0 Å². The van der Waals surface area contributed by atoms with Crippen molar-refractivity contribution >= 4 is 60.4 Å². The van der Waals surface area contributed by atoms with Gasteiger partial charge in [-0.25, -0.2) is 0 Å². The molecule has 11 aromatic rings. The molecular formula is C56H38N2. The Morgan fingerprint density at radius 3 is 1.52 bits per heavy atom. The van der Waals surface area contributed by atoms with E-state index in [9.17, 15) is 0 Å². The first-order chi connectivity index (χ1) is 28.8. The highest BCUT2D eigenvalue weighted by atomic mass is 15.2. The number of hydrogen-bond acceptors (Lipinski definition) is 1. The van der Waals surface area contributed by atoms with E-state index in [0.717, 1.165) is 22.7 Å². The van der Waals surface area contributed by atoms with Crippen LogP contribution in [0.2, 0.25) is 0 Å². The van der Waals surface area contributed by atoms with Gasteiger partial charge in [0.15, 0.2) is 0 Å². The van der Waals surface area contributed by atoms with Gasteiger partial charge in [-0.2, -0.15) is 0 Å². The van der Waals surface area contributed by atoms with Crippen LogP contribution in [-0.4, -0.2) is 4.57 Å². The Kier molecular flexibility index (Phi) is 8.19. The molecule has 0 atom stereocenters. The average Bonchev–Trinajstić information content (AvgIpc) is 3.65. The van der Waals surface area contributed by atoms with E-state index in [-0.39, 0.29) is 0 Å². The van der Waals surface area contributed by atoms with Gasteiger partial charge in [0, 0.05) is 22.1 Å². The second kappa shape index (κ2) is 14.1. The van der Waals surface area contributed by atoms with Crippen LogP contribution in [0.25, 0.3) is 82.4 Å². The van der Waals surface area contributed by atoms with Crippen molar-refractivity contribution in [3.63, 3.8) is 0 Å². The van der Waals surface area contributed by atoms with Crippen molar-refractivity contribution in [2.45, 2.75) is 0 Å². The molecule has 0 N–H and O–H groups in total. The van der Waals surface area contributed by atoms with Crippen LogP contribution in [0.4, 0.5) is 17.1 Å². The lowest BCUT2D eigenvalue weighted by molar-refractivity contribution is 1.15. The van der Waals surface area contributed by atoms with Gasteiger partial charge in [0.2, 0.25) is 0 Å². The smallest absolute Gasteiger partial charge is 0.0702 e. The first-order valence-corrected chi connectivity index (χ1v) is 19.9. The Morgan fingerprint density at radius 1 is 0.310 bits per heavy atom. The van der Waals surface area contributed by atoms with E-state index in [2.05, 4.69) is 240 Å². The van der Waals surface area contributed by atoms with Gasteiger partial charge in [0.05, 0.1) is 22.4 Å². The summed E-state index contributed by atoms with van der Waals surface area (Å²) in [5, 5.41) is 7.48. The third kappa shape index (κ3) is 5.74. The minimum Gasteiger partial charge on any atom is -0.308 e. The maximum Gasteiger partial charge on any atom is 0.0702 e. The fourth-order valence-corrected chi connectivity index (χ4v) is 8.82. The van der Waals surface area contributed by atoms with E-state index in [4.69, 9.17) is 0 Å². The Morgan fingerprint density at radius 2 is 0.828 bits per heavy atom. The molecule has 0 unspecified atom stereocenters. The molecule has 0 aliphatic rings. The largest absolute Gasteiger partial charge is 0.308 e. The quantitative estimate of drug-likeness (QED) is 0.158. The normalized spacial score (nSPS) is 11.4. The number of nitrogens with zero attached hydrogens (tertiary/aromatic N) is 2. The van der Waals surface area contributed by atoms with Crippen molar-refractivity contribution in [1.82, 2.24) is 4.57 Å². The Bertz CT molecular complexity index is 3170. The van der Waals surface area contributed by atoms with Gasteiger partial charge in [0.1, 0.15) is 0 Å². The zero-order valence-corrected chi connectivity index (χ0v) is 31.8. The molecule has 0 aliphatic heterocycles. The highest BCUT2D eigenvalue weighted by Crippen LogP contribution is 2.46. The van der Waals surface area contributed by atoms with Crippen LogP contribution >= 0.6 is 0 Å². The van der Waals surface area contributed by atoms with Crippen LogP contribution in [0.5, 0.6) is 0 Å². The van der Waals surface area contributed by atoms with Crippen molar-refractivity contribution < 1.29 is 0 Å².